The third-order valence-corrected chi connectivity index (χ3v) is 3.30. The zero-order valence-corrected chi connectivity index (χ0v) is 9.74. The first-order valence-electron chi connectivity index (χ1n) is 4.53. The number of carboxylic acids is 1. The van der Waals surface area contributed by atoms with Crippen LogP contribution in [0.4, 0.5) is 10.1 Å². The normalized spacial score (nSPS) is 11.5. The summed E-state index contributed by atoms with van der Waals surface area (Å²) in [5.41, 5.74) is 0.156. The number of benzene rings is 1. The molecule has 0 aromatic heterocycles. The maximum atomic E-state index is 12.6. The van der Waals surface area contributed by atoms with Gasteiger partial charge in [-0.05, 0) is 24.3 Å². The summed E-state index contributed by atoms with van der Waals surface area (Å²) in [5.74, 6) is -1.76. The summed E-state index contributed by atoms with van der Waals surface area (Å²) in [5, 5.41) is 8.47. The largest absolute Gasteiger partial charge is 0.480 e. The van der Waals surface area contributed by atoms with Crippen LogP contribution in [0.2, 0.25) is 0 Å². The maximum Gasteiger partial charge on any atom is 0.318 e. The predicted molar refractivity (Wildman–Crippen MR) is 59.2 cm³/mol. The molecule has 0 amide bonds. The number of halogens is 1. The van der Waals surface area contributed by atoms with Crippen molar-refractivity contribution >= 4 is 21.9 Å². The molecule has 8 heteroatoms. The third-order valence-electron chi connectivity index (χ3n) is 1.86. The number of nitrogens with one attached hydrogen (secondary N) is 1. The second-order valence-electron chi connectivity index (χ2n) is 3.26. The number of aliphatic carboxylic acids is 1. The standard InChI is InChI=1S/C9H11FN2O4S/c1-12(6-9(13)14)17(15,16)11-8-4-2-7(10)3-5-8/h2-5,11H,6H2,1H3,(H,13,14). The van der Waals surface area contributed by atoms with Crippen LogP contribution in [0.25, 0.3) is 0 Å². The van der Waals surface area contributed by atoms with Gasteiger partial charge in [-0.1, -0.05) is 0 Å². The van der Waals surface area contributed by atoms with Crippen LogP contribution in [0, 0.1) is 5.82 Å². The molecule has 94 valence electrons. The fourth-order valence-electron chi connectivity index (χ4n) is 1.02. The Kier molecular flexibility index (Phi) is 4.02. The average molecular weight is 262 g/mol. The van der Waals surface area contributed by atoms with Crippen molar-refractivity contribution in [3.63, 3.8) is 0 Å². The lowest BCUT2D eigenvalue weighted by molar-refractivity contribution is -0.137. The topological polar surface area (TPSA) is 86.7 Å². The Balaban J connectivity index is 2.79. The van der Waals surface area contributed by atoms with E-state index in [9.17, 15) is 17.6 Å². The van der Waals surface area contributed by atoms with Crippen molar-refractivity contribution in [1.82, 2.24) is 4.31 Å². The van der Waals surface area contributed by atoms with Crippen molar-refractivity contribution in [2.75, 3.05) is 18.3 Å². The van der Waals surface area contributed by atoms with Crippen molar-refractivity contribution in [1.29, 1.82) is 0 Å². The quantitative estimate of drug-likeness (QED) is 0.809. The molecule has 1 aromatic rings. The molecule has 1 rings (SSSR count). The van der Waals surface area contributed by atoms with E-state index < -0.39 is 28.5 Å². The van der Waals surface area contributed by atoms with Gasteiger partial charge in [0.1, 0.15) is 12.4 Å². The molecule has 0 saturated carbocycles. The molecule has 2 N–H and O–H groups in total. The number of nitrogens with zero attached hydrogens (tertiary/aromatic N) is 1. The van der Waals surface area contributed by atoms with E-state index in [2.05, 4.69) is 4.72 Å². The van der Waals surface area contributed by atoms with Crippen LogP contribution < -0.4 is 4.72 Å². The SMILES string of the molecule is CN(CC(=O)O)S(=O)(=O)Nc1ccc(F)cc1. The number of carbonyl (C=O) groups is 1. The van der Waals surface area contributed by atoms with Crippen molar-refractivity contribution in [3.05, 3.63) is 30.1 Å². The Bertz CT molecular complexity index is 500. The van der Waals surface area contributed by atoms with Gasteiger partial charge in [0, 0.05) is 12.7 Å². The van der Waals surface area contributed by atoms with Gasteiger partial charge in [0.2, 0.25) is 0 Å². The highest BCUT2D eigenvalue weighted by molar-refractivity contribution is 7.90. The minimum atomic E-state index is -3.94. The molecule has 0 bridgehead atoms. The lowest BCUT2D eigenvalue weighted by Gasteiger charge is -2.16. The number of likely N-dealkylation sites (N-methyl/N-ethyl adjacent to an activating group) is 1. The Morgan fingerprint density at radius 3 is 2.41 bits per heavy atom. The van der Waals surface area contributed by atoms with Crippen molar-refractivity contribution in [3.8, 4) is 0 Å². The lowest BCUT2D eigenvalue weighted by atomic mass is 10.3. The monoisotopic (exact) mass is 262 g/mol. The molecule has 0 atom stereocenters. The van der Waals surface area contributed by atoms with E-state index in [0.717, 1.165) is 19.2 Å². The zero-order chi connectivity index (χ0) is 13.1. The van der Waals surface area contributed by atoms with Crippen molar-refractivity contribution in [2.24, 2.45) is 0 Å². The van der Waals surface area contributed by atoms with Gasteiger partial charge in [0.05, 0.1) is 0 Å². The summed E-state index contributed by atoms with van der Waals surface area (Å²) >= 11 is 0. The van der Waals surface area contributed by atoms with Gasteiger partial charge in [-0.25, -0.2) is 4.39 Å². The third kappa shape index (κ3) is 4.00. The van der Waals surface area contributed by atoms with Gasteiger partial charge < -0.3 is 5.11 Å². The van der Waals surface area contributed by atoms with Crippen LogP contribution in [0.5, 0.6) is 0 Å². The molecule has 0 radical (unpaired) electrons. The molecule has 0 aliphatic rings. The van der Waals surface area contributed by atoms with E-state index in [1.807, 2.05) is 0 Å². The zero-order valence-electron chi connectivity index (χ0n) is 8.92. The van der Waals surface area contributed by atoms with E-state index >= 15 is 0 Å². The molecule has 1 aromatic carbocycles. The van der Waals surface area contributed by atoms with Gasteiger partial charge >= 0.3 is 16.2 Å². The van der Waals surface area contributed by atoms with E-state index in [4.69, 9.17) is 5.11 Å². The highest BCUT2D eigenvalue weighted by Gasteiger charge is 2.19. The summed E-state index contributed by atoms with van der Waals surface area (Å²) in [6.07, 6.45) is 0. The molecule has 0 aliphatic carbocycles. The first kappa shape index (κ1) is 13.4. The number of carboxylic acid groups (broad SMARTS) is 1. The molecular weight excluding hydrogens is 251 g/mol. The summed E-state index contributed by atoms with van der Waals surface area (Å²) < 4.78 is 38.5. The Hall–Kier alpha value is -1.67. The first-order chi connectivity index (χ1) is 7.81. The Labute approximate surface area is 97.9 Å². The Morgan fingerprint density at radius 2 is 1.94 bits per heavy atom. The number of hydrogen-bond acceptors (Lipinski definition) is 3. The van der Waals surface area contributed by atoms with Crippen molar-refractivity contribution < 1.29 is 22.7 Å². The molecule has 0 aliphatic heterocycles. The van der Waals surface area contributed by atoms with Crippen LogP contribution in [-0.4, -0.2) is 37.4 Å². The summed E-state index contributed by atoms with van der Waals surface area (Å²) in [4.78, 5) is 10.4. The minimum absolute atomic E-state index is 0.156. The van der Waals surface area contributed by atoms with Crippen molar-refractivity contribution in [2.45, 2.75) is 0 Å². The highest BCUT2D eigenvalue weighted by Crippen LogP contribution is 2.11. The molecule has 0 heterocycles. The fourth-order valence-corrected chi connectivity index (χ4v) is 1.89. The van der Waals surface area contributed by atoms with E-state index in [1.165, 1.54) is 12.1 Å². The van der Waals surface area contributed by atoms with Crippen LogP contribution in [0.15, 0.2) is 24.3 Å². The number of hydrogen-bond donors (Lipinski definition) is 2. The first-order valence-corrected chi connectivity index (χ1v) is 5.97. The highest BCUT2D eigenvalue weighted by atomic mass is 32.2. The summed E-state index contributed by atoms with van der Waals surface area (Å²) in [6, 6.07) is 4.66. The molecule has 0 fully saturated rings. The van der Waals surface area contributed by atoms with Gasteiger partial charge in [-0.15, -0.1) is 0 Å². The second-order valence-corrected chi connectivity index (χ2v) is 5.04. The van der Waals surface area contributed by atoms with E-state index in [-0.39, 0.29) is 5.69 Å². The number of rotatable bonds is 5. The second kappa shape index (κ2) is 5.11. The van der Waals surface area contributed by atoms with Gasteiger partial charge in [-0.2, -0.15) is 12.7 Å². The lowest BCUT2D eigenvalue weighted by Crippen LogP contribution is -2.36. The predicted octanol–water partition coefficient (Wildman–Crippen LogP) is 0.499. The van der Waals surface area contributed by atoms with Gasteiger partial charge in [0.25, 0.3) is 0 Å². The fraction of sp³-hybridized carbons (Fsp3) is 0.222. The Morgan fingerprint density at radius 1 is 1.41 bits per heavy atom. The van der Waals surface area contributed by atoms with Gasteiger partial charge in [-0.3, -0.25) is 9.52 Å². The van der Waals surface area contributed by atoms with Crippen LogP contribution >= 0.6 is 0 Å². The minimum Gasteiger partial charge on any atom is -0.480 e. The summed E-state index contributed by atoms with van der Waals surface area (Å²) in [6.45, 7) is -0.656. The van der Waals surface area contributed by atoms with Gasteiger partial charge in [0.15, 0.2) is 0 Å². The smallest absolute Gasteiger partial charge is 0.318 e. The molecule has 0 unspecified atom stereocenters. The van der Waals surface area contributed by atoms with Crippen LogP contribution in [-0.2, 0) is 15.0 Å². The molecule has 0 saturated heterocycles. The van der Waals surface area contributed by atoms with E-state index in [0.29, 0.717) is 4.31 Å². The average Bonchev–Trinajstić information content (AvgIpc) is 2.20. The molecule has 6 nitrogen and oxygen atoms in total. The number of anilines is 1. The molecule has 0 spiro atoms. The molecule has 17 heavy (non-hydrogen) atoms. The van der Waals surface area contributed by atoms with E-state index in [1.54, 1.807) is 0 Å². The maximum absolute atomic E-state index is 12.6. The van der Waals surface area contributed by atoms with Crippen LogP contribution in [0.1, 0.15) is 0 Å². The summed E-state index contributed by atoms with van der Waals surface area (Å²) in [7, 11) is -2.82. The molecular formula is C9H11FN2O4S. The van der Waals surface area contributed by atoms with Crippen LogP contribution in [0.3, 0.4) is 0 Å².